The Hall–Kier alpha value is -1.00. The first-order valence-corrected chi connectivity index (χ1v) is 32.9. The molecule has 0 saturated carbocycles. The molecule has 446 valence electrons. The summed E-state index contributed by atoms with van der Waals surface area (Å²) in [6.45, 7) is 15.5. The lowest BCUT2D eigenvalue weighted by molar-refractivity contribution is -1.07. The van der Waals surface area contributed by atoms with Crippen molar-refractivity contribution < 1.29 is 56.4 Å². The fraction of sp³-hybridized carbons (Fsp3) is 0.939. The van der Waals surface area contributed by atoms with Crippen LogP contribution in [0.5, 0.6) is 0 Å². The van der Waals surface area contributed by atoms with Crippen LogP contribution in [0.3, 0.4) is 0 Å². The number of aliphatic hydroxyl groups excluding tert-OH is 1. The highest BCUT2D eigenvalue weighted by Gasteiger charge is 2.67. The molecule has 0 aliphatic heterocycles. The molecule has 0 aromatic carbocycles. The van der Waals surface area contributed by atoms with Crippen LogP contribution in [0.25, 0.3) is 0 Å². The lowest BCUT2D eigenvalue weighted by Gasteiger charge is -2.50. The zero-order chi connectivity index (χ0) is 55.1. The third-order valence-corrected chi connectivity index (χ3v) is 16.9. The van der Waals surface area contributed by atoms with Gasteiger partial charge in [0, 0.05) is 31.6 Å². The van der Waals surface area contributed by atoms with Crippen LogP contribution in [-0.4, -0.2) is 56.1 Å². The van der Waals surface area contributed by atoms with Crippen LogP contribution in [0.4, 0.5) is 0 Å². The van der Waals surface area contributed by atoms with E-state index < -0.39 is 51.9 Å². The smallest absolute Gasteiger partial charge is 0.274 e. The van der Waals surface area contributed by atoms with E-state index >= 15 is 9.59 Å². The van der Waals surface area contributed by atoms with Crippen molar-refractivity contribution in [2.24, 2.45) is 17.8 Å². The summed E-state index contributed by atoms with van der Waals surface area (Å²) < 4.78 is 0. The molecule has 0 aliphatic carbocycles. The fourth-order valence-corrected chi connectivity index (χ4v) is 11.4. The van der Waals surface area contributed by atoms with E-state index in [4.69, 9.17) is 0 Å². The first-order chi connectivity index (χ1) is 35.7. The third-order valence-electron chi connectivity index (χ3n) is 16.9. The lowest BCUT2D eigenvalue weighted by atomic mass is 9.77. The summed E-state index contributed by atoms with van der Waals surface area (Å²) in [5.41, 5.74) is -5.30. The molecule has 0 radical (unpaired) electrons. The highest BCUT2D eigenvalue weighted by Crippen LogP contribution is 2.29. The number of carbonyl (C=O) groups excluding carboxylic acids is 4. The molecular formula is C66H128BrNO7. The van der Waals surface area contributed by atoms with Crippen molar-refractivity contribution in [2.75, 3.05) is 0 Å². The number of aliphatic hydroxyl groups is 3. The van der Waals surface area contributed by atoms with Gasteiger partial charge in [-0.2, -0.15) is 0 Å². The Bertz CT molecular complexity index is 1250. The monoisotopic (exact) mass is 1130 g/mol. The number of carbonyl (C=O) groups is 4. The van der Waals surface area contributed by atoms with Gasteiger partial charge in [0.2, 0.25) is 11.6 Å². The van der Waals surface area contributed by atoms with Crippen molar-refractivity contribution in [1.82, 2.24) is 0 Å². The van der Waals surface area contributed by atoms with Crippen molar-refractivity contribution >= 4 is 23.1 Å². The molecule has 0 fully saturated rings. The van der Waals surface area contributed by atoms with Crippen LogP contribution >= 0.6 is 0 Å². The number of nitrogens with one attached hydrogen (secondary N) is 1. The number of Topliss-reactive ketones (excluding diaryl/α,β-unsaturated/α-hetero) is 4. The highest BCUT2D eigenvalue weighted by molar-refractivity contribution is 5.95. The fourth-order valence-electron chi connectivity index (χ4n) is 11.4. The maximum absolute atomic E-state index is 15.1. The molecule has 8 nitrogen and oxygen atoms in total. The van der Waals surface area contributed by atoms with Gasteiger partial charge in [-0.15, -0.1) is 0 Å². The molecular weight excluding hydrogens is 999 g/mol. The molecule has 0 heterocycles. The molecule has 0 aromatic heterocycles. The van der Waals surface area contributed by atoms with Crippen molar-refractivity contribution in [3.05, 3.63) is 0 Å². The van der Waals surface area contributed by atoms with Crippen LogP contribution < -0.4 is 21.9 Å². The number of quaternary nitrogens is 1. The molecule has 0 amide bonds. The molecule has 9 heteroatoms. The number of unbranched alkanes of at least 4 members (excludes halogenated alkanes) is 40. The van der Waals surface area contributed by atoms with E-state index in [9.17, 15) is 24.9 Å². The van der Waals surface area contributed by atoms with Gasteiger partial charge in [-0.25, -0.2) is 4.90 Å². The van der Waals surface area contributed by atoms with Crippen LogP contribution in [0.1, 0.15) is 364 Å². The van der Waals surface area contributed by atoms with E-state index in [0.29, 0.717) is 25.7 Å². The Morgan fingerprint density at radius 2 is 0.493 bits per heavy atom. The third kappa shape index (κ3) is 34.7. The summed E-state index contributed by atoms with van der Waals surface area (Å²) in [6, 6.07) is 0. The van der Waals surface area contributed by atoms with Gasteiger partial charge >= 0.3 is 0 Å². The number of hydrogen-bond acceptors (Lipinski definition) is 7. The Kier molecular flexibility index (Phi) is 51.9. The molecule has 0 spiro atoms. The maximum atomic E-state index is 15.1. The molecule has 0 aliphatic rings. The van der Waals surface area contributed by atoms with Gasteiger partial charge in [0.1, 0.15) is 23.4 Å². The average Bonchev–Trinajstić information content (AvgIpc) is 3.39. The normalized spacial score (nSPS) is 15.0. The van der Waals surface area contributed by atoms with E-state index in [2.05, 4.69) is 27.7 Å². The van der Waals surface area contributed by atoms with Gasteiger partial charge in [0.15, 0.2) is 6.23 Å². The van der Waals surface area contributed by atoms with Gasteiger partial charge in [-0.3, -0.25) is 19.2 Å². The SMILES string of the molecule is CCCCCCCCCCCCCC(=O)C(C)C(O)(C(=O)CCCCCCCCCCCCC)[NH+](C(O)C(C)C)C(O)(C(=O)CCCCCCCCCCCCC)C(C)C(=O)CCCCCCCCCCCCC.[Br-]. The first-order valence-electron chi connectivity index (χ1n) is 32.9. The molecule has 0 aromatic rings. The maximum Gasteiger partial charge on any atom is 0.274 e. The van der Waals surface area contributed by atoms with E-state index in [1.807, 2.05) is 0 Å². The summed E-state index contributed by atoms with van der Waals surface area (Å²) >= 11 is 0. The lowest BCUT2D eigenvalue weighted by Crippen LogP contribution is -3.34. The van der Waals surface area contributed by atoms with Gasteiger partial charge in [0.05, 0.1) is 0 Å². The Morgan fingerprint density at radius 1 is 0.320 bits per heavy atom. The van der Waals surface area contributed by atoms with Gasteiger partial charge in [-0.1, -0.05) is 298 Å². The number of halogens is 1. The van der Waals surface area contributed by atoms with Crippen LogP contribution in [-0.2, 0) is 19.2 Å². The minimum atomic E-state index is -2.65. The summed E-state index contributed by atoms with van der Waals surface area (Å²) in [4.78, 5) is 58.7. The largest absolute Gasteiger partial charge is 1.00 e. The highest BCUT2D eigenvalue weighted by atomic mass is 79.9. The Labute approximate surface area is 476 Å². The topological polar surface area (TPSA) is 133 Å². The zero-order valence-corrected chi connectivity index (χ0v) is 52.7. The van der Waals surface area contributed by atoms with Crippen molar-refractivity contribution in [3.8, 4) is 0 Å². The Balaban J connectivity index is 0. The zero-order valence-electron chi connectivity index (χ0n) is 51.1. The van der Waals surface area contributed by atoms with Gasteiger partial charge in [0.25, 0.3) is 11.4 Å². The second-order valence-electron chi connectivity index (χ2n) is 24.0. The van der Waals surface area contributed by atoms with Gasteiger partial charge < -0.3 is 32.3 Å². The molecule has 5 atom stereocenters. The quantitative estimate of drug-likeness (QED) is 0.0352. The number of hydrogen-bond donors (Lipinski definition) is 4. The second kappa shape index (κ2) is 51.2. The molecule has 0 bridgehead atoms. The van der Waals surface area contributed by atoms with Crippen molar-refractivity contribution in [1.29, 1.82) is 0 Å². The predicted octanol–water partition coefficient (Wildman–Crippen LogP) is 14.6. The molecule has 75 heavy (non-hydrogen) atoms. The second-order valence-corrected chi connectivity index (χ2v) is 24.0. The Morgan fingerprint density at radius 3 is 0.680 bits per heavy atom. The van der Waals surface area contributed by atoms with Gasteiger partial charge in [-0.05, 0) is 39.5 Å². The molecule has 0 rings (SSSR count). The van der Waals surface area contributed by atoms with Crippen molar-refractivity contribution in [2.45, 2.75) is 381 Å². The first kappa shape index (κ1) is 76.1. The standard InChI is InChI=1S/C66H127NO7.BrH/c1-9-13-17-21-25-29-33-37-41-45-49-53-60(68)58(7)65(73,62(70)55-51-47-43-39-35-31-27-23-19-15-11-3)67(64(72)57(5)6)66(74,63(71)56-52-48-44-40-36-32-28-24-20-16-12-4)59(8)61(69)54-50-46-42-38-34-30-26-22-18-14-10-2;/h57-59,64,72-74H,9-56H2,1-8H3;1H. The van der Waals surface area contributed by atoms with Crippen LogP contribution in [0.2, 0.25) is 0 Å². The summed E-state index contributed by atoms with van der Waals surface area (Å²) in [5, 5.41) is 39.2. The predicted molar refractivity (Wildman–Crippen MR) is 314 cm³/mol. The molecule has 0 saturated heterocycles. The number of ketones is 4. The summed E-state index contributed by atoms with van der Waals surface area (Å²) in [5.74, 6) is -5.21. The summed E-state index contributed by atoms with van der Waals surface area (Å²) in [6.07, 6.45) is 47.3. The van der Waals surface area contributed by atoms with E-state index in [1.54, 1.807) is 27.7 Å². The van der Waals surface area contributed by atoms with E-state index in [1.165, 1.54) is 167 Å². The molecule has 4 N–H and O–H groups in total. The van der Waals surface area contributed by atoms with E-state index in [0.717, 1.165) is 89.9 Å². The number of rotatable bonds is 58. The average molecular weight is 1130 g/mol. The minimum Gasteiger partial charge on any atom is -1.00 e. The van der Waals surface area contributed by atoms with Crippen LogP contribution in [0, 0.1) is 17.8 Å². The molecule has 5 unspecified atom stereocenters. The van der Waals surface area contributed by atoms with Crippen LogP contribution in [0.15, 0.2) is 0 Å². The minimum absolute atomic E-state index is 0. The van der Waals surface area contributed by atoms with E-state index in [-0.39, 0.29) is 54.2 Å². The summed E-state index contributed by atoms with van der Waals surface area (Å²) in [7, 11) is 0. The van der Waals surface area contributed by atoms with Crippen molar-refractivity contribution in [3.63, 3.8) is 0 Å².